The minimum atomic E-state index is 1.06. The fraction of sp³-hybridized carbons (Fsp3) is 0.500. The van der Waals surface area contributed by atoms with E-state index in [0.29, 0.717) is 0 Å². The molecule has 0 aliphatic rings. The Hall–Kier alpha value is -0.340. The molecule has 1 aromatic rings. The smallest absolute Gasteiger partial charge is 0.0234 e. The van der Waals surface area contributed by atoms with Crippen LogP contribution in [0.3, 0.4) is 0 Å². The van der Waals surface area contributed by atoms with Crippen molar-refractivity contribution in [2.75, 3.05) is 13.1 Å². The zero-order valence-electron chi connectivity index (χ0n) is 8.96. The Morgan fingerprint density at radius 1 is 1.29 bits per heavy atom. The summed E-state index contributed by atoms with van der Waals surface area (Å²) in [5.74, 6) is 0. The Kier molecular flexibility index (Phi) is 5.20. The Labute approximate surface area is 95.2 Å². The average Bonchev–Trinajstić information content (AvgIpc) is 2.17. The van der Waals surface area contributed by atoms with Crippen molar-refractivity contribution in [3.8, 4) is 0 Å². The van der Waals surface area contributed by atoms with Gasteiger partial charge < -0.3 is 0 Å². The van der Waals surface area contributed by atoms with Gasteiger partial charge in [-0.25, -0.2) is 0 Å². The predicted octanol–water partition coefficient (Wildman–Crippen LogP) is 3.68. The Morgan fingerprint density at radius 3 is 2.64 bits per heavy atom. The molecule has 0 amide bonds. The molecule has 0 saturated heterocycles. The van der Waals surface area contributed by atoms with Crippen LogP contribution in [-0.4, -0.2) is 18.0 Å². The molecule has 0 heterocycles. The fourth-order valence-corrected chi connectivity index (χ4v) is 2.01. The first-order valence-corrected chi connectivity index (χ1v) is 6.02. The number of rotatable bonds is 5. The van der Waals surface area contributed by atoms with E-state index in [-0.39, 0.29) is 0 Å². The van der Waals surface area contributed by atoms with Gasteiger partial charge in [-0.2, -0.15) is 0 Å². The van der Waals surface area contributed by atoms with Crippen LogP contribution in [0.15, 0.2) is 28.7 Å². The van der Waals surface area contributed by atoms with Gasteiger partial charge in [0.05, 0.1) is 0 Å². The first-order chi connectivity index (χ1) is 6.76. The summed E-state index contributed by atoms with van der Waals surface area (Å²) in [7, 11) is 0. The zero-order chi connectivity index (χ0) is 10.4. The average molecular weight is 256 g/mol. The first-order valence-electron chi connectivity index (χ1n) is 5.23. The lowest BCUT2D eigenvalue weighted by Crippen LogP contribution is -2.23. The summed E-state index contributed by atoms with van der Waals surface area (Å²) < 4.78 is 1.17. The first kappa shape index (κ1) is 11.7. The maximum atomic E-state index is 3.49. The molecule has 0 bridgehead atoms. The summed E-state index contributed by atoms with van der Waals surface area (Å²) in [4.78, 5) is 2.46. The van der Waals surface area contributed by atoms with Crippen molar-refractivity contribution in [1.82, 2.24) is 4.90 Å². The SMILES string of the molecule is CCCN(CC)Cc1cccc(Br)c1. The topological polar surface area (TPSA) is 3.24 Å². The van der Waals surface area contributed by atoms with Gasteiger partial charge in [0.1, 0.15) is 0 Å². The van der Waals surface area contributed by atoms with Crippen molar-refractivity contribution in [3.05, 3.63) is 34.3 Å². The summed E-state index contributed by atoms with van der Waals surface area (Å²) >= 11 is 3.49. The molecule has 0 atom stereocenters. The van der Waals surface area contributed by atoms with Crippen molar-refractivity contribution in [2.24, 2.45) is 0 Å². The van der Waals surface area contributed by atoms with E-state index in [1.54, 1.807) is 0 Å². The summed E-state index contributed by atoms with van der Waals surface area (Å²) in [6, 6.07) is 8.54. The molecule has 1 aromatic carbocycles. The van der Waals surface area contributed by atoms with Crippen molar-refractivity contribution >= 4 is 15.9 Å². The maximum absolute atomic E-state index is 3.49. The second kappa shape index (κ2) is 6.20. The van der Waals surface area contributed by atoms with E-state index >= 15 is 0 Å². The van der Waals surface area contributed by atoms with Gasteiger partial charge in [0.15, 0.2) is 0 Å². The monoisotopic (exact) mass is 255 g/mol. The normalized spacial score (nSPS) is 10.9. The molecule has 0 unspecified atom stereocenters. The molecular weight excluding hydrogens is 238 g/mol. The number of benzene rings is 1. The van der Waals surface area contributed by atoms with E-state index < -0.39 is 0 Å². The van der Waals surface area contributed by atoms with Gasteiger partial charge in [-0.1, -0.05) is 41.9 Å². The lowest BCUT2D eigenvalue weighted by Gasteiger charge is -2.19. The minimum absolute atomic E-state index is 1.06. The van der Waals surface area contributed by atoms with Gasteiger partial charge in [0.25, 0.3) is 0 Å². The van der Waals surface area contributed by atoms with Crippen LogP contribution in [-0.2, 0) is 6.54 Å². The summed E-state index contributed by atoms with van der Waals surface area (Å²) in [5, 5.41) is 0. The molecular formula is C12H18BrN. The second-order valence-corrected chi connectivity index (χ2v) is 4.41. The summed E-state index contributed by atoms with van der Waals surface area (Å²) in [6.45, 7) is 7.81. The van der Waals surface area contributed by atoms with Crippen LogP contribution in [0.2, 0.25) is 0 Å². The largest absolute Gasteiger partial charge is 0.299 e. The molecule has 0 radical (unpaired) electrons. The molecule has 0 aliphatic carbocycles. The molecule has 1 rings (SSSR count). The van der Waals surface area contributed by atoms with E-state index in [2.05, 4.69) is 58.9 Å². The highest BCUT2D eigenvalue weighted by Gasteiger charge is 2.01. The minimum Gasteiger partial charge on any atom is -0.299 e. The molecule has 0 spiro atoms. The third-order valence-corrected chi connectivity index (χ3v) is 2.78. The number of hydrogen-bond donors (Lipinski definition) is 0. The Balaban J connectivity index is 2.57. The molecule has 0 saturated carbocycles. The Morgan fingerprint density at radius 2 is 2.07 bits per heavy atom. The van der Waals surface area contributed by atoms with E-state index in [9.17, 15) is 0 Å². The number of halogens is 1. The molecule has 0 N–H and O–H groups in total. The van der Waals surface area contributed by atoms with E-state index in [1.165, 1.54) is 23.0 Å². The summed E-state index contributed by atoms with van der Waals surface area (Å²) in [5.41, 5.74) is 1.38. The van der Waals surface area contributed by atoms with Gasteiger partial charge >= 0.3 is 0 Å². The highest BCUT2D eigenvalue weighted by molar-refractivity contribution is 9.10. The lowest BCUT2D eigenvalue weighted by atomic mass is 10.2. The molecule has 1 nitrogen and oxygen atoms in total. The molecule has 0 aliphatic heterocycles. The zero-order valence-corrected chi connectivity index (χ0v) is 10.5. The molecule has 2 heteroatoms. The fourth-order valence-electron chi connectivity index (χ4n) is 1.56. The Bertz CT molecular complexity index is 273. The van der Waals surface area contributed by atoms with E-state index in [1.807, 2.05) is 0 Å². The van der Waals surface area contributed by atoms with Crippen LogP contribution in [0.25, 0.3) is 0 Å². The van der Waals surface area contributed by atoms with E-state index in [0.717, 1.165) is 13.1 Å². The standard InChI is InChI=1S/C12H18BrN/c1-3-8-14(4-2)10-11-6-5-7-12(13)9-11/h5-7,9H,3-4,8,10H2,1-2H3. The molecule has 0 aromatic heterocycles. The van der Waals surface area contributed by atoms with Gasteiger partial charge in [-0.3, -0.25) is 4.90 Å². The number of hydrogen-bond acceptors (Lipinski definition) is 1. The molecule has 78 valence electrons. The van der Waals surface area contributed by atoms with E-state index in [4.69, 9.17) is 0 Å². The van der Waals surface area contributed by atoms with Gasteiger partial charge in [0.2, 0.25) is 0 Å². The third kappa shape index (κ3) is 3.81. The van der Waals surface area contributed by atoms with Crippen LogP contribution in [0.5, 0.6) is 0 Å². The van der Waals surface area contributed by atoms with Crippen LogP contribution in [0, 0.1) is 0 Å². The van der Waals surface area contributed by atoms with Gasteiger partial charge in [-0.05, 0) is 37.2 Å². The predicted molar refractivity (Wildman–Crippen MR) is 65.4 cm³/mol. The van der Waals surface area contributed by atoms with Crippen LogP contribution in [0.4, 0.5) is 0 Å². The highest BCUT2D eigenvalue weighted by atomic mass is 79.9. The maximum Gasteiger partial charge on any atom is 0.0234 e. The quantitative estimate of drug-likeness (QED) is 0.776. The van der Waals surface area contributed by atoms with Crippen LogP contribution in [0.1, 0.15) is 25.8 Å². The van der Waals surface area contributed by atoms with Crippen molar-refractivity contribution < 1.29 is 0 Å². The molecule has 14 heavy (non-hydrogen) atoms. The molecule has 0 fully saturated rings. The number of nitrogens with zero attached hydrogens (tertiary/aromatic N) is 1. The van der Waals surface area contributed by atoms with Gasteiger partial charge in [0, 0.05) is 11.0 Å². The lowest BCUT2D eigenvalue weighted by molar-refractivity contribution is 0.280. The van der Waals surface area contributed by atoms with Crippen molar-refractivity contribution in [3.63, 3.8) is 0 Å². The van der Waals surface area contributed by atoms with Crippen LogP contribution < -0.4 is 0 Å². The second-order valence-electron chi connectivity index (χ2n) is 3.50. The highest BCUT2D eigenvalue weighted by Crippen LogP contribution is 2.13. The van der Waals surface area contributed by atoms with Crippen molar-refractivity contribution in [1.29, 1.82) is 0 Å². The summed E-state index contributed by atoms with van der Waals surface area (Å²) in [6.07, 6.45) is 1.22. The van der Waals surface area contributed by atoms with Gasteiger partial charge in [-0.15, -0.1) is 0 Å². The van der Waals surface area contributed by atoms with Crippen LogP contribution >= 0.6 is 15.9 Å². The van der Waals surface area contributed by atoms with Crippen molar-refractivity contribution in [2.45, 2.75) is 26.8 Å². The third-order valence-electron chi connectivity index (χ3n) is 2.28.